The van der Waals surface area contributed by atoms with Gasteiger partial charge in [-0.05, 0) is 36.8 Å². The Morgan fingerprint density at radius 1 is 1.08 bits per heavy atom. The van der Waals surface area contributed by atoms with Gasteiger partial charge in [-0.1, -0.05) is 0 Å². The average molecular weight is 489 g/mol. The summed E-state index contributed by atoms with van der Waals surface area (Å²) in [7, 11) is 2.81. The molecule has 0 N–H and O–H groups in total. The number of amides is 1. The highest BCUT2D eigenvalue weighted by Gasteiger charge is 2.25. The van der Waals surface area contributed by atoms with Gasteiger partial charge in [0, 0.05) is 32.3 Å². The van der Waals surface area contributed by atoms with Gasteiger partial charge >= 0.3 is 5.69 Å². The van der Waals surface area contributed by atoms with Crippen LogP contribution in [0.5, 0.6) is 0 Å². The van der Waals surface area contributed by atoms with E-state index in [0.29, 0.717) is 17.1 Å². The Morgan fingerprint density at radius 3 is 2.64 bits per heavy atom. The SMILES string of the molecule is COCC(=O)N1C=CC=C(n2c(=O)n(C(=O)COC)c3cnc(-c4cnn5ccc(C)cc45)nc32)C1. The van der Waals surface area contributed by atoms with Crippen LogP contribution in [0, 0.1) is 6.92 Å². The van der Waals surface area contributed by atoms with E-state index in [1.165, 1.54) is 29.9 Å². The number of aryl methyl sites for hydroxylation is 1. The van der Waals surface area contributed by atoms with Gasteiger partial charge in [0.1, 0.15) is 18.7 Å². The molecule has 0 unspecified atom stereocenters. The summed E-state index contributed by atoms with van der Waals surface area (Å²) in [6.07, 6.45) is 9.88. The molecule has 12 heteroatoms. The van der Waals surface area contributed by atoms with Crippen LogP contribution in [0.25, 0.3) is 33.8 Å². The van der Waals surface area contributed by atoms with Crippen molar-refractivity contribution in [3.8, 4) is 11.4 Å². The van der Waals surface area contributed by atoms with Crippen molar-refractivity contribution in [2.45, 2.75) is 6.92 Å². The second-order valence-corrected chi connectivity index (χ2v) is 8.23. The lowest BCUT2D eigenvalue weighted by Crippen LogP contribution is -2.36. The molecule has 1 aliphatic rings. The quantitative estimate of drug-likeness (QED) is 0.397. The largest absolute Gasteiger partial charge is 0.375 e. The Kier molecular flexibility index (Phi) is 6.04. The second-order valence-electron chi connectivity index (χ2n) is 8.23. The highest BCUT2D eigenvalue weighted by Crippen LogP contribution is 2.25. The van der Waals surface area contributed by atoms with Gasteiger partial charge in [0.25, 0.3) is 11.8 Å². The Bertz CT molecular complexity index is 1630. The zero-order valence-corrected chi connectivity index (χ0v) is 19.9. The molecule has 0 saturated heterocycles. The van der Waals surface area contributed by atoms with Gasteiger partial charge in [-0.3, -0.25) is 9.59 Å². The number of methoxy groups -OCH3 is 2. The summed E-state index contributed by atoms with van der Waals surface area (Å²) >= 11 is 0. The van der Waals surface area contributed by atoms with Crippen LogP contribution in [0.2, 0.25) is 0 Å². The van der Waals surface area contributed by atoms with Crippen molar-refractivity contribution < 1.29 is 19.1 Å². The molecule has 0 fully saturated rings. The summed E-state index contributed by atoms with van der Waals surface area (Å²) < 4.78 is 13.9. The van der Waals surface area contributed by atoms with E-state index in [-0.39, 0.29) is 36.8 Å². The molecule has 1 aliphatic heterocycles. The van der Waals surface area contributed by atoms with Gasteiger partial charge in [0.05, 0.1) is 30.0 Å². The predicted molar refractivity (Wildman–Crippen MR) is 130 cm³/mol. The lowest BCUT2D eigenvalue weighted by Gasteiger charge is -2.22. The number of carbonyl (C=O) groups is 2. The monoisotopic (exact) mass is 489 g/mol. The first-order chi connectivity index (χ1) is 17.4. The van der Waals surface area contributed by atoms with E-state index in [1.54, 1.807) is 29.1 Å². The highest BCUT2D eigenvalue weighted by molar-refractivity contribution is 5.92. The number of allylic oxidation sites excluding steroid dienone is 2. The van der Waals surface area contributed by atoms with Gasteiger partial charge < -0.3 is 14.4 Å². The third-order valence-corrected chi connectivity index (χ3v) is 5.78. The molecule has 36 heavy (non-hydrogen) atoms. The summed E-state index contributed by atoms with van der Waals surface area (Å²) in [5.74, 6) is -0.496. The minimum atomic E-state index is -0.630. The first-order valence-corrected chi connectivity index (χ1v) is 11.1. The van der Waals surface area contributed by atoms with Gasteiger partial charge in [0.2, 0.25) is 0 Å². The van der Waals surface area contributed by atoms with E-state index < -0.39 is 11.6 Å². The minimum absolute atomic E-state index is 0.0887. The number of aromatic nitrogens is 6. The zero-order chi connectivity index (χ0) is 25.4. The van der Waals surface area contributed by atoms with E-state index in [9.17, 15) is 14.4 Å². The molecule has 4 aromatic rings. The predicted octanol–water partition coefficient (Wildman–Crippen LogP) is 1.35. The van der Waals surface area contributed by atoms with Crippen LogP contribution in [0.1, 0.15) is 10.4 Å². The molecular weight excluding hydrogens is 466 g/mol. The molecule has 0 spiro atoms. The normalized spacial score (nSPS) is 13.5. The molecule has 0 radical (unpaired) electrons. The first-order valence-electron chi connectivity index (χ1n) is 11.1. The molecule has 1 amide bonds. The van der Waals surface area contributed by atoms with Crippen LogP contribution in [0.3, 0.4) is 0 Å². The molecule has 4 aromatic heterocycles. The number of imidazole rings is 1. The highest BCUT2D eigenvalue weighted by atomic mass is 16.5. The number of ether oxygens (including phenoxy) is 2. The molecule has 0 aromatic carbocycles. The lowest BCUT2D eigenvalue weighted by atomic mass is 10.2. The maximum atomic E-state index is 13.5. The van der Waals surface area contributed by atoms with Crippen LogP contribution in [0.4, 0.5) is 0 Å². The number of rotatable bonds is 6. The fourth-order valence-corrected chi connectivity index (χ4v) is 4.12. The lowest BCUT2D eigenvalue weighted by molar-refractivity contribution is -0.132. The number of pyridine rings is 1. The smallest absolute Gasteiger partial charge is 0.341 e. The Labute approximate surface area is 204 Å². The average Bonchev–Trinajstić information content (AvgIpc) is 3.41. The molecule has 0 atom stereocenters. The number of hydrogen-bond acceptors (Lipinski definition) is 8. The fraction of sp³-hybridized carbons (Fsp3) is 0.250. The van der Waals surface area contributed by atoms with Gasteiger partial charge in [-0.25, -0.2) is 28.4 Å². The van der Waals surface area contributed by atoms with Crippen molar-refractivity contribution in [3.05, 3.63) is 65.1 Å². The van der Waals surface area contributed by atoms with Crippen molar-refractivity contribution in [2.75, 3.05) is 34.0 Å². The van der Waals surface area contributed by atoms with Crippen LogP contribution in [-0.2, 0) is 14.3 Å². The van der Waals surface area contributed by atoms with Crippen LogP contribution in [-0.4, -0.2) is 79.4 Å². The number of nitrogens with zero attached hydrogens (tertiary/aromatic N) is 7. The Balaban J connectivity index is 1.70. The van der Waals surface area contributed by atoms with Crippen molar-refractivity contribution >= 4 is 34.2 Å². The fourth-order valence-electron chi connectivity index (χ4n) is 4.12. The standard InChI is InChI=1S/C24H23N7O5/c1-15-6-8-29-18(9-15)17(10-26-29)22-25-11-19-23(27-22)30(24(34)31(19)21(33)14-36-3)16-5-4-7-28(12-16)20(32)13-35-2/h4-11H,12-14H2,1-3H3. The van der Waals surface area contributed by atoms with Crippen LogP contribution >= 0.6 is 0 Å². The number of fused-ring (bicyclic) bond motifs is 2. The second kappa shape index (κ2) is 9.32. The third-order valence-electron chi connectivity index (χ3n) is 5.78. The Morgan fingerprint density at radius 2 is 1.86 bits per heavy atom. The molecule has 12 nitrogen and oxygen atoms in total. The van der Waals surface area contributed by atoms with E-state index in [2.05, 4.69) is 10.1 Å². The van der Waals surface area contributed by atoms with Crippen LogP contribution < -0.4 is 5.69 Å². The maximum absolute atomic E-state index is 13.5. The van der Waals surface area contributed by atoms with Gasteiger partial charge in [-0.2, -0.15) is 5.10 Å². The van der Waals surface area contributed by atoms with E-state index in [0.717, 1.165) is 15.6 Å². The van der Waals surface area contributed by atoms with Crippen molar-refractivity contribution in [2.24, 2.45) is 0 Å². The minimum Gasteiger partial charge on any atom is -0.375 e. The third kappa shape index (κ3) is 3.91. The number of hydrogen-bond donors (Lipinski definition) is 0. The van der Waals surface area contributed by atoms with E-state index >= 15 is 0 Å². The number of carbonyl (C=O) groups excluding carboxylic acids is 2. The molecule has 0 bridgehead atoms. The molecule has 184 valence electrons. The summed E-state index contributed by atoms with van der Waals surface area (Å²) in [5, 5.41) is 4.37. The molecule has 5 heterocycles. The summed E-state index contributed by atoms with van der Waals surface area (Å²) in [6.45, 7) is 1.65. The molecule has 5 rings (SSSR count). The summed E-state index contributed by atoms with van der Waals surface area (Å²) in [4.78, 5) is 49.3. The Hall–Kier alpha value is -4.42. The zero-order valence-electron chi connectivity index (χ0n) is 19.9. The molecule has 0 aliphatic carbocycles. The van der Waals surface area contributed by atoms with Crippen molar-refractivity contribution in [3.63, 3.8) is 0 Å². The van der Waals surface area contributed by atoms with Crippen LogP contribution in [0.15, 0.2) is 53.9 Å². The summed E-state index contributed by atoms with van der Waals surface area (Å²) in [5.41, 5.74) is 2.79. The topological polar surface area (TPSA) is 126 Å². The summed E-state index contributed by atoms with van der Waals surface area (Å²) in [6, 6.07) is 3.90. The van der Waals surface area contributed by atoms with E-state index in [4.69, 9.17) is 14.5 Å². The molecule has 0 saturated carbocycles. The van der Waals surface area contributed by atoms with Crippen molar-refractivity contribution in [1.29, 1.82) is 0 Å². The van der Waals surface area contributed by atoms with Gasteiger partial charge in [-0.15, -0.1) is 0 Å². The first kappa shape index (κ1) is 23.3. The maximum Gasteiger partial charge on any atom is 0.341 e. The van der Waals surface area contributed by atoms with E-state index in [1.807, 2.05) is 25.3 Å². The van der Waals surface area contributed by atoms with Crippen molar-refractivity contribution in [1.82, 2.24) is 33.6 Å². The van der Waals surface area contributed by atoms with Gasteiger partial charge in [0.15, 0.2) is 11.5 Å². The molecular formula is C24H23N7O5.